The molecule has 1 heterocycles. The summed E-state index contributed by atoms with van der Waals surface area (Å²) in [6.45, 7) is 2.98. The van der Waals surface area contributed by atoms with Crippen LogP contribution < -0.4 is 0 Å². The van der Waals surface area contributed by atoms with E-state index in [1.54, 1.807) is 0 Å². The molecule has 1 atom stereocenters. The lowest BCUT2D eigenvalue weighted by atomic mass is 10.0. The Balaban J connectivity index is 2.47. The Kier molecular flexibility index (Phi) is 3.18. The highest BCUT2D eigenvalue weighted by Crippen LogP contribution is 2.16. The second-order valence-corrected chi connectivity index (χ2v) is 3.33. The second kappa shape index (κ2) is 3.96. The van der Waals surface area contributed by atoms with E-state index in [0.29, 0.717) is 6.04 Å². The standard InChI is InChI=1S/C8H14ClNO/c1-7-4-2-3-5-10(7)8(11)6-9/h7H,2-6H2,1H3/t7-/m0/s1. The lowest BCUT2D eigenvalue weighted by molar-refractivity contribution is -0.131. The van der Waals surface area contributed by atoms with Gasteiger partial charge in [0.15, 0.2) is 0 Å². The molecule has 1 fully saturated rings. The molecular formula is C8H14ClNO. The molecule has 0 saturated carbocycles. The van der Waals surface area contributed by atoms with Crippen LogP contribution >= 0.6 is 11.6 Å². The van der Waals surface area contributed by atoms with Gasteiger partial charge >= 0.3 is 0 Å². The number of piperidine rings is 1. The number of carbonyl (C=O) groups is 1. The molecule has 0 spiro atoms. The second-order valence-electron chi connectivity index (χ2n) is 3.07. The summed E-state index contributed by atoms with van der Waals surface area (Å²) >= 11 is 5.46. The van der Waals surface area contributed by atoms with Gasteiger partial charge in [-0.1, -0.05) is 0 Å². The third-order valence-corrected chi connectivity index (χ3v) is 2.47. The molecule has 0 aliphatic carbocycles. The van der Waals surface area contributed by atoms with Crippen molar-refractivity contribution in [2.75, 3.05) is 12.4 Å². The summed E-state index contributed by atoms with van der Waals surface area (Å²) in [6.07, 6.45) is 3.50. The van der Waals surface area contributed by atoms with Crippen LogP contribution in [0.5, 0.6) is 0 Å². The minimum absolute atomic E-state index is 0.0823. The van der Waals surface area contributed by atoms with E-state index in [4.69, 9.17) is 11.6 Å². The highest BCUT2D eigenvalue weighted by molar-refractivity contribution is 6.27. The Labute approximate surface area is 72.5 Å². The Bertz CT molecular complexity index is 149. The Hall–Kier alpha value is -0.240. The molecule has 0 unspecified atom stereocenters. The highest BCUT2D eigenvalue weighted by Gasteiger charge is 2.21. The zero-order chi connectivity index (χ0) is 8.27. The van der Waals surface area contributed by atoms with Crippen LogP contribution in [0, 0.1) is 0 Å². The van der Waals surface area contributed by atoms with Crippen LogP contribution in [-0.2, 0) is 4.79 Å². The van der Waals surface area contributed by atoms with E-state index in [9.17, 15) is 4.79 Å². The topological polar surface area (TPSA) is 20.3 Å². The number of halogens is 1. The third kappa shape index (κ3) is 2.09. The largest absolute Gasteiger partial charge is 0.339 e. The first-order chi connectivity index (χ1) is 5.25. The molecule has 0 bridgehead atoms. The van der Waals surface area contributed by atoms with Gasteiger partial charge in [-0.05, 0) is 26.2 Å². The molecule has 0 aromatic rings. The molecule has 1 aliphatic rings. The fraction of sp³-hybridized carbons (Fsp3) is 0.875. The first-order valence-corrected chi connectivity index (χ1v) is 4.64. The summed E-state index contributed by atoms with van der Waals surface area (Å²) in [6, 6.07) is 0.398. The van der Waals surface area contributed by atoms with Crippen LogP contribution in [0.4, 0.5) is 0 Å². The van der Waals surface area contributed by atoms with Gasteiger partial charge in [-0.15, -0.1) is 11.6 Å². The maximum absolute atomic E-state index is 11.2. The maximum Gasteiger partial charge on any atom is 0.237 e. The molecule has 0 aromatic carbocycles. The minimum atomic E-state index is 0.0823. The summed E-state index contributed by atoms with van der Waals surface area (Å²) in [5.74, 6) is 0.212. The van der Waals surface area contributed by atoms with Crippen molar-refractivity contribution in [2.24, 2.45) is 0 Å². The van der Waals surface area contributed by atoms with Gasteiger partial charge in [0.1, 0.15) is 5.88 Å². The van der Waals surface area contributed by atoms with Crippen molar-refractivity contribution in [1.29, 1.82) is 0 Å². The van der Waals surface area contributed by atoms with Crippen molar-refractivity contribution in [3.05, 3.63) is 0 Å². The molecule has 3 heteroatoms. The number of hydrogen-bond acceptors (Lipinski definition) is 1. The van der Waals surface area contributed by atoms with E-state index in [1.165, 1.54) is 6.42 Å². The Morgan fingerprint density at radius 1 is 1.64 bits per heavy atom. The van der Waals surface area contributed by atoms with Crippen LogP contribution in [0.3, 0.4) is 0 Å². The zero-order valence-electron chi connectivity index (χ0n) is 6.85. The lowest BCUT2D eigenvalue weighted by Crippen LogP contribution is -2.42. The zero-order valence-corrected chi connectivity index (χ0v) is 7.60. The Morgan fingerprint density at radius 3 is 2.91 bits per heavy atom. The minimum Gasteiger partial charge on any atom is -0.339 e. The highest BCUT2D eigenvalue weighted by atomic mass is 35.5. The van der Waals surface area contributed by atoms with Crippen molar-refractivity contribution in [2.45, 2.75) is 32.2 Å². The van der Waals surface area contributed by atoms with Crippen molar-refractivity contribution in [3.63, 3.8) is 0 Å². The van der Waals surface area contributed by atoms with Gasteiger partial charge in [-0.25, -0.2) is 0 Å². The molecule has 0 radical (unpaired) electrons. The van der Waals surface area contributed by atoms with E-state index in [-0.39, 0.29) is 11.8 Å². The average Bonchev–Trinajstić information content (AvgIpc) is 2.04. The quantitative estimate of drug-likeness (QED) is 0.555. The first kappa shape index (κ1) is 8.85. The molecule has 1 saturated heterocycles. The first-order valence-electron chi connectivity index (χ1n) is 4.11. The van der Waals surface area contributed by atoms with E-state index in [2.05, 4.69) is 6.92 Å². The van der Waals surface area contributed by atoms with E-state index in [1.807, 2.05) is 4.90 Å². The molecule has 64 valence electrons. The number of hydrogen-bond donors (Lipinski definition) is 0. The van der Waals surface area contributed by atoms with Gasteiger partial charge in [-0.3, -0.25) is 4.79 Å². The van der Waals surface area contributed by atoms with Gasteiger partial charge in [0.2, 0.25) is 5.91 Å². The van der Waals surface area contributed by atoms with Gasteiger partial charge in [0.25, 0.3) is 0 Å². The summed E-state index contributed by atoms with van der Waals surface area (Å²) < 4.78 is 0. The molecule has 1 amide bonds. The molecule has 0 N–H and O–H groups in total. The normalized spacial score (nSPS) is 25.3. The van der Waals surface area contributed by atoms with Crippen molar-refractivity contribution in [1.82, 2.24) is 4.90 Å². The number of nitrogens with zero attached hydrogens (tertiary/aromatic N) is 1. The molecule has 1 rings (SSSR count). The SMILES string of the molecule is C[C@H]1CCCCN1C(=O)CCl. The van der Waals surface area contributed by atoms with Crippen LogP contribution in [0.1, 0.15) is 26.2 Å². The monoisotopic (exact) mass is 175 g/mol. The smallest absolute Gasteiger partial charge is 0.237 e. The summed E-state index contributed by atoms with van der Waals surface area (Å²) in [5.41, 5.74) is 0. The fourth-order valence-electron chi connectivity index (χ4n) is 1.55. The predicted octanol–water partition coefficient (Wildman–Crippen LogP) is 1.63. The molecule has 2 nitrogen and oxygen atoms in total. The molecule has 11 heavy (non-hydrogen) atoms. The molecular weight excluding hydrogens is 162 g/mol. The van der Waals surface area contributed by atoms with Crippen molar-refractivity contribution >= 4 is 17.5 Å². The van der Waals surface area contributed by atoms with Crippen LogP contribution in [0.15, 0.2) is 0 Å². The van der Waals surface area contributed by atoms with Crippen molar-refractivity contribution in [3.8, 4) is 0 Å². The summed E-state index contributed by atoms with van der Waals surface area (Å²) in [7, 11) is 0. The number of likely N-dealkylation sites (tertiary alicyclic amines) is 1. The fourth-order valence-corrected chi connectivity index (χ4v) is 1.70. The van der Waals surface area contributed by atoms with Crippen molar-refractivity contribution < 1.29 is 4.79 Å². The molecule has 1 aliphatic heterocycles. The molecule has 0 aromatic heterocycles. The summed E-state index contributed by atoms with van der Waals surface area (Å²) in [5, 5.41) is 0. The number of carbonyl (C=O) groups excluding carboxylic acids is 1. The average molecular weight is 176 g/mol. The lowest BCUT2D eigenvalue weighted by Gasteiger charge is -2.32. The van der Waals surface area contributed by atoms with Gasteiger partial charge in [-0.2, -0.15) is 0 Å². The van der Waals surface area contributed by atoms with E-state index in [0.717, 1.165) is 19.4 Å². The number of rotatable bonds is 1. The number of amides is 1. The van der Waals surface area contributed by atoms with Crippen LogP contribution in [0.2, 0.25) is 0 Å². The van der Waals surface area contributed by atoms with E-state index < -0.39 is 0 Å². The Morgan fingerprint density at radius 2 is 2.36 bits per heavy atom. The number of alkyl halides is 1. The van der Waals surface area contributed by atoms with Gasteiger partial charge in [0.05, 0.1) is 0 Å². The van der Waals surface area contributed by atoms with Gasteiger partial charge in [0, 0.05) is 12.6 Å². The summed E-state index contributed by atoms with van der Waals surface area (Å²) in [4.78, 5) is 13.1. The third-order valence-electron chi connectivity index (χ3n) is 2.24. The van der Waals surface area contributed by atoms with Gasteiger partial charge < -0.3 is 4.90 Å². The van der Waals surface area contributed by atoms with Crippen LogP contribution in [0.25, 0.3) is 0 Å². The predicted molar refractivity (Wildman–Crippen MR) is 45.7 cm³/mol. The maximum atomic E-state index is 11.2. The van der Waals surface area contributed by atoms with Crippen LogP contribution in [-0.4, -0.2) is 29.3 Å². The van der Waals surface area contributed by atoms with E-state index >= 15 is 0 Å².